The number of hydrogen-bond donors (Lipinski definition) is 2. The van der Waals surface area contributed by atoms with Gasteiger partial charge in [-0.25, -0.2) is 9.78 Å². The molecule has 3 aromatic rings. The average molecular weight is 300 g/mol. The van der Waals surface area contributed by atoms with E-state index in [2.05, 4.69) is 4.98 Å². The number of nitrogens with zero attached hydrogens (tertiary/aromatic N) is 1. The summed E-state index contributed by atoms with van der Waals surface area (Å²) in [4.78, 5) is 15.2. The number of thiophene rings is 1. The molecule has 0 atom stereocenters. The fourth-order valence-electron chi connectivity index (χ4n) is 2.07. The van der Waals surface area contributed by atoms with Gasteiger partial charge in [-0.3, -0.25) is 0 Å². The van der Waals surface area contributed by atoms with Crippen molar-refractivity contribution in [3.05, 3.63) is 53.0 Å². The van der Waals surface area contributed by atoms with Crippen LogP contribution in [0.3, 0.4) is 0 Å². The third kappa shape index (κ3) is 2.53. The van der Waals surface area contributed by atoms with Crippen molar-refractivity contribution in [2.24, 2.45) is 0 Å². The maximum Gasteiger partial charge on any atom is 0.338 e. The van der Waals surface area contributed by atoms with E-state index >= 15 is 0 Å². The van der Waals surface area contributed by atoms with Crippen LogP contribution in [0.5, 0.6) is 5.75 Å². The maximum absolute atomic E-state index is 11.2. The van der Waals surface area contributed by atoms with Crippen molar-refractivity contribution in [1.82, 2.24) is 4.98 Å². The Morgan fingerprint density at radius 3 is 2.81 bits per heavy atom. The van der Waals surface area contributed by atoms with Crippen LogP contribution in [0.15, 0.2) is 41.9 Å². The van der Waals surface area contributed by atoms with Crippen LogP contribution in [0, 0.1) is 0 Å². The van der Waals surface area contributed by atoms with Crippen molar-refractivity contribution < 1.29 is 14.6 Å². The van der Waals surface area contributed by atoms with Gasteiger partial charge in [0.1, 0.15) is 18.2 Å². The number of nitrogen functional groups attached to an aromatic ring is 1. The third-order valence-electron chi connectivity index (χ3n) is 3.07. The lowest BCUT2D eigenvalue weighted by atomic mass is 10.1. The van der Waals surface area contributed by atoms with E-state index in [0.717, 1.165) is 11.3 Å². The minimum atomic E-state index is -1.01. The van der Waals surface area contributed by atoms with Gasteiger partial charge in [0.05, 0.1) is 10.3 Å². The average Bonchev–Trinajstić information content (AvgIpc) is 2.91. The molecule has 6 heteroatoms. The van der Waals surface area contributed by atoms with E-state index in [-0.39, 0.29) is 5.56 Å². The summed E-state index contributed by atoms with van der Waals surface area (Å²) in [5, 5.41) is 11.7. The number of fused-ring (bicyclic) bond motifs is 1. The van der Waals surface area contributed by atoms with Crippen LogP contribution in [-0.4, -0.2) is 16.1 Å². The lowest BCUT2D eigenvalue weighted by Gasteiger charge is -2.06. The molecule has 0 aliphatic rings. The van der Waals surface area contributed by atoms with Crippen LogP contribution >= 0.6 is 11.3 Å². The number of carbonyl (C=O) groups is 1. The van der Waals surface area contributed by atoms with Crippen molar-refractivity contribution >= 4 is 33.2 Å². The number of hydrogen-bond acceptors (Lipinski definition) is 5. The van der Waals surface area contributed by atoms with Crippen LogP contribution in [0.25, 0.3) is 10.1 Å². The fourth-order valence-corrected chi connectivity index (χ4v) is 3.13. The van der Waals surface area contributed by atoms with Gasteiger partial charge in [-0.1, -0.05) is 18.2 Å². The number of pyridine rings is 1. The second kappa shape index (κ2) is 5.41. The molecule has 1 aromatic carbocycles. The molecule has 0 amide bonds. The van der Waals surface area contributed by atoms with E-state index in [0.29, 0.717) is 22.5 Å². The quantitative estimate of drug-likeness (QED) is 0.773. The Bertz CT molecular complexity index is 799. The molecule has 106 valence electrons. The van der Waals surface area contributed by atoms with Gasteiger partial charge in [0, 0.05) is 17.1 Å². The van der Waals surface area contributed by atoms with Gasteiger partial charge in [-0.2, -0.15) is 0 Å². The zero-order valence-electron chi connectivity index (χ0n) is 10.9. The Balaban J connectivity index is 1.96. The molecule has 2 heterocycles. The second-order valence-corrected chi connectivity index (χ2v) is 5.31. The highest BCUT2D eigenvalue weighted by Gasteiger charge is 2.16. The number of carboxylic acid groups (broad SMARTS) is 1. The first-order chi connectivity index (χ1) is 10.2. The third-order valence-corrected chi connectivity index (χ3v) is 4.13. The summed E-state index contributed by atoms with van der Waals surface area (Å²) in [5.74, 6) is 0.0607. The standard InChI is InChI=1S/C15H12N2O3S/c16-14-12-9(7-20-10-4-2-1-3-5-10)8-21-13(12)11(6-17-14)15(18)19/h1-6,8H,7H2,(H2,16,17)(H,18,19). The zero-order valence-corrected chi connectivity index (χ0v) is 11.8. The lowest BCUT2D eigenvalue weighted by Crippen LogP contribution is -2.02. The van der Waals surface area contributed by atoms with Gasteiger partial charge in [-0.15, -0.1) is 11.3 Å². The number of aromatic carboxylic acids is 1. The summed E-state index contributed by atoms with van der Waals surface area (Å²) >= 11 is 1.34. The summed E-state index contributed by atoms with van der Waals surface area (Å²) in [6.45, 7) is 0.318. The van der Waals surface area contributed by atoms with E-state index in [1.165, 1.54) is 17.5 Å². The number of benzene rings is 1. The van der Waals surface area contributed by atoms with Gasteiger partial charge in [0.25, 0.3) is 0 Å². The lowest BCUT2D eigenvalue weighted by molar-refractivity contribution is 0.0699. The zero-order chi connectivity index (χ0) is 14.8. The molecule has 0 saturated heterocycles. The SMILES string of the molecule is Nc1ncc(C(=O)O)c2scc(COc3ccccc3)c12. The molecule has 0 aliphatic carbocycles. The van der Waals surface area contributed by atoms with Crippen molar-refractivity contribution in [3.8, 4) is 5.75 Å². The fraction of sp³-hybridized carbons (Fsp3) is 0.0667. The predicted molar refractivity (Wildman–Crippen MR) is 81.8 cm³/mol. The van der Waals surface area contributed by atoms with E-state index in [1.54, 1.807) is 0 Å². The topological polar surface area (TPSA) is 85.4 Å². The minimum Gasteiger partial charge on any atom is -0.489 e. The molecule has 0 bridgehead atoms. The molecule has 21 heavy (non-hydrogen) atoms. The Hall–Kier alpha value is -2.60. The number of anilines is 1. The molecule has 3 rings (SSSR count). The first-order valence-electron chi connectivity index (χ1n) is 6.22. The summed E-state index contributed by atoms with van der Waals surface area (Å²) in [7, 11) is 0. The Labute approximate surface area is 124 Å². The summed E-state index contributed by atoms with van der Waals surface area (Å²) in [6.07, 6.45) is 1.29. The van der Waals surface area contributed by atoms with Crippen LogP contribution in [0.1, 0.15) is 15.9 Å². The van der Waals surface area contributed by atoms with Gasteiger partial charge in [0.15, 0.2) is 0 Å². The van der Waals surface area contributed by atoms with E-state index in [9.17, 15) is 9.90 Å². The monoisotopic (exact) mass is 300 g/mol. The van der Waals surface area contributed by atoms with Gasteiger partial charge < -0.3 is 15.6 Å². The van der Waals surface area contributed by atoms with Crippen molar-refractivity contribution in [1.29, 1.82) is 0 Å². The summed E-state index contributed by atoms with van der Waals surface area (Å²) in [5.41, 5.74) is 6.89. The highest BCUT2D eigenvalue weighted by molar-refractivity contribution is 7.17. The van der Waals surface area contributed by atoms with E-state index < -0.39 is 5.97 Å². The van der Waals surface area contributed by atoms with Crippen molar-refractivity contribution in [2.45, 2.75) is 6.61 Å². The highest BCUT2D eigenvalue weighted by atomic mass is 32.1. The molecular formula is C15H12N2O3S. The molecule has 0 saturated carbocycles. The normalized spacial score (nSPS) is 10.7. The summed E-state index contributed by atoms with van der Waals surface area (Å²) < 4.78 is 6.32. The van der Waals surface area contributed by atoms with Gasteiger partial charge >= 0.3 is 5.97 Å². The molecule has 0 aliphatic heterocycles. The van der Waals surface area contributed by atoms with Gasteiger partial charge in [-0.05, 0) is 17.5 Å². The van der Waals surface area contributed by atoms with Crippen LogP contribution in [0.4, 0.5) is 5.82 Å². The molecule has 3 N–H and O–H groups in total. The minimum absolute atomic E-state index is 0.162. The second-order valence-electron chi connectivity index (χ2n) is 4.43. The molecule has 0 radical (unpaired) electrons. The predicted octanol–water partition coefficient (Wildman–Crippen LogP) is 3.16. The van der Waals surface area contributed by atoms with Crippen molar-refractivity contribution in [2.75, 3.05) is 5.73 Å². The maximum atomic E-state index is 11.2. The number of aromatic nitrogens is 1. The van der Waals surface area contributed by atoms with Gasteiger partial charge in [0.2, 0.25) is 0 Å². The molecular weight excluding hydrogens is 288 g/mol. The largest absolute Gasteiger partial charge is 0.489 e. The Morgan fingerprint density at radius 2 is 2.10 bits per heavy atom. The van der Waals surface area contributed by atoms with Crippen LogP contribution < -0.4 is 10.5 Å². The smallest absolute Gasteiger partial charge is 0.338 e. The van der Waals surface area contributed by atoms with Crippen LogP contribution in [-0.2, 0) is 6.61 Å². The number of carboxylic acids is 1. The number of rotatable bonds is 4. The van der Waals surface area contributed by atoms with Crippen LogP contribution in [0.2, 0.25) is 0 Å². The first kappa shape index (κ1) is 13.4. The molecule has 2 aromatic heterocycles. The Morgan fingerprint density at radius 1 is 1.33 bits per heavy atom. The first-order valence-corrected chi connectivity index (χ1v) is 7.10. The highest BCUT2D eigenvalue weighted by Crippen LogP contribution is 2.33. The number of nitrogens with two attached hydrogens (primary N) is 1. The summed E-state index contributed by atoms with van der Waals surface area (Å²) in [6, 6.07) is 9.41. The molecule has 0 unspecified atom stereocenters. The Kier molecular flexibility index (Phi) is 3.45. The van der Waals surface area contributed by atoms with Crippen molar-refractivity contribution in [3.63, 3.8) is 0 Å². The molecule has 0 fully saturated rings. The number of ether oxygens (including phenoxy) is 1. The van der Waals surface area contributed by atoms with E-state index in [1.807, 2.05) is 35.7 Å². The number of para-hydroxylation sites is 1. The molecule has 0 spiro atoms. The van der Waals surface area contributed by atoms with E-state index in [4.69, 9.17) is 10.5 Å². The molecule has 5 nitrogen and oxygen atoms in total.